The standard InChI is InChI=1S/C22H22N2O4S/c1-15(21(25)24-17-7-4-6-16(12-17)13-23)28-22(26)19-9-2-3-10-20(19)29-14-18-8-5-11-27-18/h2-4,6-7,9-10,12,15,18H,5,8,11,14H2,1H3,(H,24,25)/t15-,18+/m1/s1. The molecule has 3 rings (SSSR count). The molecule has 1 aliphatic heterocycles. The number of nitriles is 1. The number of ether oxygens (including phenoxy) is 2. The highest BCUT2D eigenvalue weighted by Gasteiger charge is 2.22. The molecule has 1 aliphatic rings. The number of nitrogens with one attached hydrogen (secondary N) is 1. The molecule has 2 aromatic rings. The molecule has 0 radical (unpaired) electrons. The second-order valence-corrected chi connectivity index (χ2v) is 7.73. The van der Waals surface area contributed by atoms with E-state index in [4.69, 9.17) is 14.7 Å². The number of hydrogen-bond donors (Lipinski definition) is 1. The fraction of sp³-hybridized carbons (Fsp3) is 0.318. The van der Waals surface area contributed by atoms with Crippen LogP contribution >= 0.6 is 11.8 Å². The third-order valence-electron chi connectivity index (χ3n) is 4.47. The quantitative estimate of drug-likeness (QED) is 0.548. The lowest BCUT2D eigenvalue weighted by molar-refractivity contribution is -0.123. The Bertz CT molecular complexity index is 919. The van der Waals surface area contributed by atoms with Crippen molar-refractivity contribution in [3.05, 3.63) is 59.7 Å². The first-order valence-corrected chi connectivity index (χ1v) is 10.4. The molecule has 0 aromatic heterocycles. The average Bonchev–Trinajstić information content (AvgIpc) is 3.26. The van der Waals surface area contributed by atoms with Gasteiger partial charge in [-0.3, -0.25) is 4.79 Å². The van der Waals surface area contributed by atoms with Gasteiger partial charge in [0.05, 0.1) is 23.3 Å². The van der Waals surface area contributed by atoms with Crippen molar-refractivity contribution < 1.29 is 19.1 Å². The van der Waals surface area contributed by atoms with Crippen LogP contribution in [0.25, 0.3) is 0 Å². The largest absolute Gasteiger partial charge is 0.449 e. The zero-order chi connectivity index (χ0) is 20.6. The second-order valence-electron chi connectivity index (χ2n) is 6.67. The van der Waals surface area contributed by atoms with Gasteiger partial charge in [-0.25, -0.2) is 4.79 Å². The number of thioether (sulfide) groups is 1. The van der Waals surface area contributed by atoms with E-state index in [1.165, 1.54) is 6.92 Å². The van der Waals surface area contributed by atoms with Gasteiger partial charge in [0.15, 0.2) is 6.10 Å². The van der Waals surface area contributed by atoms with E-state index in [9.17, 15) is 9.59 Å². The summed E-state index contributed by atoms with van der Waals surface area (Å²) < 4.78 is 11.0. The highest BCUT2D eigenvalue weighted by molar-refractivity contribution is 7.99. The molecular weight excluding hydrogens is 388 g/mol. The zero-order valence-electron chi connectivity index (χ0n) is 16.1. The molecule has 0 spiro atoms. The van der Waals surface area contributed by atoms with E-state index in [0.717, 1.165) is 30.1 Å². The van der Waals surface area contributed by atoms with Gasteiger partial charge in [-0.15, -0.1) is 11.8 Å². The molecule has 0 unspecified atom stereocenters. The maximum Gasteiger partial charge on any atom is 0.340 e. The molecular formula is C22H22N2O4S. The van der Waals surface area contributed by atoms with E-state index in [2.05, 4.69) is 5.32 Å². The molecule has 0 aliphatic carbocycles. The number of esters is 1. The third kappa shape index (κ3) is 5.83. The van der Waals surface area contributed by atoms with Crippen LogP contribution in [-0.2, 0) is 14.3 Å². The van der Waals surface area contributed by atoms with Crippen LogP contribution in [0.4, 0.5) is 5.69 Å². The number of benzene rings is 2. The summed E-state index contributed by atoms with van der Waals surface area (Å²) in [5.41, 5.74) is 1.34. The van der Waals surface area contributed by atoms with Crippen LogP contribution in [0.3, 0.4) is 0 Å². The first-order chi connectivity index (χ1) is 14.1. The smallest absolute Gasteiger partial charge is 0.340 e. The first kappa shape index (κ1) is 20.9. The van der Waals surface area contributed by atoms with Crippen molar-refractivity contribution >= 4 is 29.3 Å². The Hall–Kier alpha value is -2.82. The summed E-state index contributed by atoms with van der Waals surface area (Å²) in [4.78, 5) is 25.8. The molecule has 0 saturated carbocycles. The summed E-state index contributed by atoms with van der Waals surface area (Å²) in [5, 5.41) is 11.6. The van der Waals surface area contributed by atoms with Crippen molar-refractivity contribution in [1.29, 1.82) is 5.26 Å². The van der Waals surface area contributed by atoms with Crippen LogP contribution in [-0.4, -0.2) is 36.4 Å². The van der Waals surface area contributed by atoms with Gasteiger partial charge < -0.3 is 14.8 Å². The molecule has 150 valence electrons. The van der Waals surface area contributed by atoms with Gasteiger partial charge in [0.2, 0.25) is 0 Å². The minimum absolute atomic E-state index is 0.206. The fourth-order valence-electron chi connectivity index (χ4n) is 2.91. The van der Waals surface area contributed by atoms with Crippen molar-refractivity contribution in [2.24, 2.45) is 0 Å². The SMILES string of the molecule is C[C@@H](OC(=O)c1ccccc1SC[C@@H]1CCCO1)C(=O)Nc1cccc(C#N)c1. The Morgan fingerprint density at radius 3 is 2.90 bits per heavy atom. The van der Waals surface area contributed by atoms with Gasteiger partial charge in [-0.2, -0.15) is 5.26 Å². The topological polar surface area (TPSA) is 88.4 Å². The van der Waals surface area contributed by atoms with Gasteiger partial charge in [0.1, 0.15) is 0 Å². The molecule has 1 N–H and O–H groups in total. The maximum atomic E-state index is 12.6. The highest BCUT2D eigenvalue weighted by Crippen LogP contribution is 2.27. The maximum absolute atomic E-state index is 12.6. The minimum Gasteiger partial charge on any atom is -0.449 e. The van der Waals surface area contributed by atoms with Crippen molar-refractivity contribution in [3.8, 4) is 6.07 Å². The van der Waals surface area contributed by atoms with Gasteiger partial charge in [-0.05, 0) is 50.1 Å². The van der Waals surface area contributed by atoms with Crippen LogP contribution in [0.15, 0.2) is 53.4 Å². The molecule has 1 heterocycles. The van der Waals surface area contributed by atoms with E-state index >= 15 is 0 Å². The second kappa shape index (κ2) is 10.1. The van der Waals surface area contributed by atoms with Crippen molar-refractivity contribution in [3.63, 3.8) is 0 Å². The number of amides is 1. The summed E-state index contributed by atoms with van der Waals surface area (Å²) in [5.74, 6) is -0.234. The monoisotopic (exact) mass is 410 g/mol. The van der Waals surface area contributed by atoms with E-state index in [-0.39, 0.29) is 6.10 Å². The summed E-state index contributed by atoms with van der Waals surface area (Å²) in [6, 6.07) is 15.8. The lowest BCUT2D eigenvalue weighted by Gasteiger charge is -2.15. The summed E-state index contributed by atoms with van der Waals surface area (Å²) >= 11 is 1.56. The lowest BCUT2D eigenvalue weighted by atomic mass is 10.2. The highest BCUT2D eigenvalue weighted by atomic mass is 32.2. The molecule has 2 atom stereocenters. The summed E-state index contributed by atoms with van der Waals surface area (Å²) in [6.07, 6.45) is 1.32. The van der Waals surface area contributed by atoms with Crippen LogP contribution in [0.5, 0.6) is 0 Å². The van der Waals surface area contributed by atoms with Crippen molar-refractivity contribution in [2.75, 3.05) is 17.7 Å². The molecule has 0 bridgehead atoms. The summed E-state index contributed by atoms with van der Waals surface area (Å²) in [7, 11) is 0. The normalized spacial score (nSPS) is 16.6. The van der Waals surface area contributed by atoms with E-state index in [1.807, 2.05) is 18.2 Å². The minimum atomic E-state index is -0.982. The number of anilines is 1. The van der Waals surface area contributed by atoms with Crippen LogP contribution in [0, 0.1) is 11.3 Å². The van der Waals surface area contributed by atoms with E-state index < -0.39 is 18.0 Å². The van der Waals surface area contributed by atoms with Crippen LogP contribution in [0.1, 0.15) is 35.7 Å². The predicted octanol–water partition coefficient (Wildman–Crippen LogP) is 4.01. The number of rotatable bonds is 7. The lowest BCUT2D eigenvalue weighted by Crippen LogP contribution is -2.30. The van der Waals surface area contributed by atoms with Crippen molar-refractivity contribution in [2.45, 2.75) is 36.9 Å². The molecule has 7 heteroatoms. The van der Waals surface area contributed by atoms with Crippen LogP contribution < -0.4 is 5.32 Å². The Morgan fingerprint density at radius 1 is 1.31 bits per heavy atom. The molecule has 29 heavy (non-hydrogen) atoms. The van der Waals surface area contributed by atoms with Crippen LogP contribution in [0.2, 0.25) is 0 Å². The number of carbonyl (C=O) groups is 2. The van der Waals surface area contributed by atoms with E-state index in [1.54, 1.807) is 48.2 Å². The Kier molecular flexibility index (Phi) is 7.28. The molecule has 6 nitrogen and oxygen atoms in total. The first-order valence-electron chi connectivity index (χ1n) is 9.42. The molecule has 1 amide bonds. The Morgan fingerprint density at radius 2 is 2.14 bits per heavy atom. The van der Waals surface area contributed by atoms with E-state index in [0.29, 0.717) is 16.8 Å². The van der Waals surface area contributed by atoms with Crippen molar-refractivity contribution in [1.82, 2.24) is 0 Å². The average molecular weight is 410 g/mol. The number of carbonyl (C=O) groups excluding carboxylic acids is 2. The van der Waals surface area contributed by atoms with Gasteiger partial charge in [0.25, 0.3) is 5.91 Å². The van der Waals surface area contributed by atoms with Gasteiger partial charge >= 0.3 is 5.97 Å². The Balaban J connectivity index is 1.60. The third-order valence-corrected chi connectivity index (χ3v) is 5.67. The Labute approximate surface area is 174 Å². The summed E-state index contributed by atoms with van der Waals surface area (Å²) in [6.45, 7) is 2.31. The zero-order valence-corrected chi connectivity index (χ0v) is 16.9. The molecule has 1 fully saturated rings. The predicted molar refractivity (Wildman–Crippen MR) is 111 cm³/mol. The molecule has 2 aromatic carbocycles. The van der Waals surface area contributed by atoms with Gasteiger partial charge in [-0.1, -0.05) is 18.2 Å². The fourth-order valence-corrected chi connectivity index (χ4v) is 4.02. The molecule has 1 saturated heterocycles. The number of hydrogen-bond acceptors (Lipinski definition) is 6. The number of nitrogens with zero attached hydrogens (tertiary/aromatic N) is 1. The van der Waals surface area contributed by atoms with Gasteiger partial charge in [0, 0.05) is 22.9 Å².